The zero-order valence-corrected chi connectivity index (χ0v) is 11.3. The zero-order valence-electron chi connectivity index (χ0n) is 11.3. The molecule has 1 aromatic carbocycles. The van der Waals surface area contributed by atoms with Crippen LogP contribution in [0.3, 0.4) is 0 Å². The average molecular weight is 274 g/mol. The number of aliphatic carboxylic acids is 1. The lowest BCUT2D eigenvalue weighted by molar-refractivity contribution is -0.146. The summed E-state index contributed by atoms with van der Waals surface area (Å²) in [5.41, 5.74) is 2.20. The molecule has 20 heavy (non-hydrogen) atoms. The number of nitrogens with zero attached hydrogens (tertiary/aromatic N) is 2. The normalized spacial score (nSPS) is 22.0. The third-order valence-electron chi connectivity index (χ3n) is 4.18. The van der Waals surface area contributed by atoms with Gasteiger partial charge < -0.3 is 10.0 Å². The van der Waals surface area contributed by atoms with E-state index in [1.807, 2.05) is 24.3 Å². The molecular weight excluding hydrogens is 256 g/mol. The molecule has 1 saturated heterocycles. The summed E-state index contributed by atoms with van der Waals surface area (Å²) >= 11 is 0. The molecule has 0 saturated carbocycles. The Bertz CT molecular complexity index is 540. The van der Waals surface area contributed by atoms with E-state index in [2.05, 4.69) is 0 Å². The first-order chi connectivity index (χ1) is 9.65. The molecule has 2 aliphatic rings. The molecule has 1 fully saturated rings. The number of likely N-dealkylation sites (tertiary alicyclic amines) is 1. The van der Waals surface area contributed by atoms with Crippen molar-refractivity contribution in [3.05, 3.63) is 35.4 Å². The summed E-state index contributed by atoms with van der Waals surface area (Å²) in [5, 5.41) is 9.39. The number of fused-ring (bicyclic) bond motifs is 1. The number of amides is 1. The van der Waals surface area contributed by atoms with Crippen LogP contribution in [0, 0.1) is 0 Å². The first-order valence-corrected chi connectivity index (χ1v) is 6.96. The third kappa shape index (κ3) is 2.41. The molecule has 2 heterocycles. The Hall–Kier alpha value is -1.88. The first-order valence-electron chi connectivity index (χ1n) is 6.96. The smallest absolute Gasteiger partial charge is 0.321 e. The van der Waals surface area contributed by atoms with E-state index in [0.29, 0.717) is 13.0 Å². The summed E-state index contributed by atoms with van der Waals surface area (Å²) in [4.78, 5) is 27.1. The molecule has 0 bridgehead atoms. The van der Waals surface area contributed by atoms with Gasteiger partial charge in [-0.3, -0.25) is 14.5 Å². The molecule has 0 unspecified atom stereocenters. The van der Waals surface area contributed by atoms with Crippen LogP contribution in [-0.4, -0.2) is 52.5 Å². The molecule has 0 radical (unpaired) electrons. The van der Waals surface area contributed by atoms with E-state index in [-0.39, 0.29) is 12.5 Å². The Morgan fingerprint density at radius 3 is 2.50 bits per heavy atom. The second-order valence-electron chi connectivity index (χ2n) is 5.47. The van der Waals surface area contributed by atoms with E-state index in [9.17, 15) is 14.7 Å². The van der Waals surface area contributed by atoms with Crippen molar-refractivity contribution in [2.45, 2.75) is 25.4 Å². The largest absolute Gasteiger partial charge is 0.480 e. The van der Waals surface area contributed by atoms with Gasteiger partial charge in [0.2, 0.25) is 5.91 Å². The molecular formula is C15H18N2O3. The van der Waals surface area contributed by atoms with Crippen LogP contribution in [0.5, 0.6) is 0 Å². The molecule has 3 rings (SSSR count). The number of hydrogen-bond acceptors (Lipinski definition) is 3. The number of hydrogen-bond donors (Lipinski definition) is 1. The highest BCUT2D eigenvalue weighted by Gasteiger charge is 2.33. The molecule has 1 amide bonds. The molecule has 5 nitrogen and oxygen atoms in total. The number of carbonyl (C=O) groups is 2. The van der Waals surface area contributed by atoms with Gasteiger partial charge in [-0.2, -0.15) is 0 Å². The van der Waals surface area contributed by atoms with Gasteiger partial charge in [0.25, 0.3) is 0 Å². The standard InChI is InChI=1S/C15H18N2O3/c18-14(16-6-3-7-16)10-17-9-12-5-2-1-4-11(12)8-13(17)15(19)20/h1-2,4-5,13H,3,6-10H2,(H,19,20)/t13-/m0/s1. The van der Waals surface area contributed by atoms with Crippen molar-refractivity contribution in [1.82, 2.24) is 9.80 Å². The summed E-state index contributed by atoms with van der Waals surface area (Å²) in [6, 6.07) is 7.26. The Balaban J connectivity index is 1.77. The molecule has 0 aromatic heterocycles. The van der Waals surface area contributed by atoms with E-state index in [4.69, 9.17) is 0 Å². The Kier molecular flexibility index (Phi) is 3.44. The lowest BCUT2D eigenvalue weighted by atomic mass is 9.94. The van der Waals surface area contributed by atoms with E-state index >= 15 is 0 Å². The summed E-state index contributed by atoms with van der Waals surface area (Å²) in [5.74, 6) is -0.808. The minimum atomic E-state index is -0.851. The van der Waals surface area contributed by atoms with Gasteiger partial charge in [0.05, 0.1) is 6.54 Å². The Labute approximate surface area is 117 Å². The fraction of sp³-hybridized carbons (Fsp3) is 0.467. The van der Waals surface area contributed by atoms with E-state index < -0.39 is 12.0 Å². The maximum absolute atomic E-state index is 12.1. The molecule has 1 N–H and O–H groups in total. The van der Waals surface area contributed by atoms with E-state index in [1.165, 1.54) is 0 Å². The van der Waals surface area contributed by atoms with Crippen LogP contribution >= 0.6 is 0 Å². The summed E-state index contributed by atoms with van der Waals surface area (Å²) in [6.45, 7) is 2.35. The van der Waals surface area contributed by atoms with Gasteiger partial charge in [0.1, 0.15) is 6.04 Å². The number of carboxylic acid groups (broad SMARTS) is 1. The molecule has 5 heteroatoms. The first kappa shape index (κ1) is 13.1. The second-order valence-corrected chi connectivity index (χ2v) is 5.47. The second kappa shape index (κ2) is 5.25. The van der Waals surface area contributed by atoms with Gasteiger partial charge in [-0.05, 0) is 24.0 Å². The Morgan fingerprint density at radius 2 is 1.90 bits per heavy atom. The fourth-order valence-electron chi connectivity index (χ4n) is 2.83. The summed E-state index contributed by atoms with van der Waals surface area (Å²) in [7, 11) is 0. The van der Waals surface area contributed by atoms with E-state index in [0.717, 1.165) is 30.6 Å². The zero-order chi connectivity index (χ0) is 14.1. The number of benzene rings is 1. The predicted octanol–water partition coefficient (Wildman–Crippen LogP) is 0.730. The van der Waals surface area contributed by atoms with Crippen LogP contribution in [0.1, 0.15) is 17.5 Å². The van der Waals surface area contributed by atoms with Crippen LogP contribution in [0.25, 0.3) is 0 Å². The summed E-state index contributed by atoms with van der Waals surface area (Å²) < 4.78 is 0. The Morgan fingerprint density at radius 1 is 1.20 bits per heavy atom. The van der Waals surface area contributed by atoms with Crippen molar-refractivity contribution in [1.29, 1.82) is 0 Å². The van der Waals surface area contributed by atoms with Gasteiger partial charge >= 0.3 is 5.97 Å². The molecule has 0 aliphatic carbocycles. The van der Waals surface area contributed by atoms with Crippen LogP contribution < -0.4 is 0 Å². The van der Waals surface area contributed by atoms with Crippen molar-refractivity contribution in [3.63, 3.8) is 0 Å². The van der Waals surface area contributed by atoms with Crippen LogP contribution in [0.2, 0.25) is 0 Å². The maximum atomic E-state index is 12.1. The van der Waals surface area contributed by atoms with Gasteiger partial charge in [-0.1, -0.05) is 24.3 Å². The van der Waals surface area contributed by atoms with Crippen LogP contribution in [0.15, 0.2) is 24.3 Å². The number of rotatable bonds is 3. The molecule has 0 spiro atoms. The highest BCUT2D eigenvalue weighted by atomic mass is 16.4. The lowest BCUT2D eigenvalue weighted by Gasteiger charge is -2.37. The fourth-order valence-corrected chi connectivity index (χ4v) is 2.83. The van der Waals surface area contributed by atoms with Gasteiger partial charge in [0.15, 0.2) is 0 Å². The summed E-state index contributed by atoms with van der Waals surface area (Å²) in [6.07, 6.45) is 1.52. The van der Waals surface area contributed by atoms with Gasteiger partial charge in [-0.25, -0.2) is 0 Å². The van der Waals surface area contributed by atoms with Gasteiger partial charge in [0, 0.05) is 19.6 Å². The lowest BCUT2D eigenvalue weighted by Crippen LogP contribution is -2.52. The van der Waals surface area contributed by atoms with Crippen LogP contribution in [-0.2, 0) is 22.6 Å². The molecule has 1 aromatic rings. The minimum Gasteiger partial charge on any atom is -0.480 e. The van der Waals surface area contributed by atoms with Crippen molar-refractivity contribution in [2.75, 3.05) is 19.6 Å². The van der Waals surface area contributed by atoms with Crippen molar-refractivity contribution in [3.8, 4) is 0 Å². The van der Waals surface area contributed by atoms with Gasteiger partial charge in [-0.15, -0.1) is 0 Å². The average Bonchev–Trinajstić information content (AvgIpc) is 2.35. The van der Waals surface area contributed by atoms with Crippen molar-refractivity contribution < 1.29 is 14.7 Å². The number of carbonyl (C=O) groups excluding carboxylic acids is 1. The highest BCUT2D eigenvalue weighted by molar-refractivity contribution is 5.81. The SMILES string of the molecule is O=C(O)[C@@H]1Cc2ccccc2CN1CC(=O)N1CCC1. The molecule has 2 aliphatic heterocycles. The molecule has 1 atom stereocenters. The molecule has 106 valence electrons. The topological polar surface area (TPSA) is 60.9 Å². The quantitative estimate of drug-likeness (QED) is 0.882. The van der Waals surface area contributed by atoms with E-state index in [1.54, 1.807) is 9.80 Å². The third-order valence-corrected chi connectivity index (χ3v) is 4.18. The van der Waals surface area contributed by atoms with Crippen LogP contribution in [0.4, 0.5) is 0 Å². The van der Waals surface area contributed by atoms with Crippen molar-refractivity contribution in [2.24, 2.45) is 0 Å². The minimum absolute atomic E-state index is 0.0434. The monoisotopic (exact) mass is 274 g/mol. The maximum Gasteiger partial charge on any atom is 0.321 e. The predicted molar refractivity (Wildman–Crippen MR) is 73.2 cm³/mol. The van der Waals surface area contributed by atoms with Crippen molar-refractivity contribution >= 4 is 11.9 Å². The number of carboxylic acids is 1. The highest BCUT2D eigenvalue weighted by Crippen LogP contribution is 2.23.